The van der Waals surface area contributed by atoms with Gasteiger partial charge in [-0.2, -0.15) is 0 Å². The average molecular weight is 350 g/mol. The largest absolute Gasteiger partial charge is 0.390 e. The molecule has 0 aromatic heterocycles. The van der Waals surface area contributed by atoms with E-state index in [2.05, 4.69) is 13.8 Å². The lowest BCUT2D eigenvalue weighted by Gasteiger charge is -2.29. The number of ether oxygens (including phenoxy) is 1. The van der Waals surface area contributed by atoms with E-state index in [1.807, 2.05) is 13.0 Å². The van der Waals surface area contributed by atoms with Crippen molar-refractivity contribution in [2.24, 2.45) is 23.2 Å². The van der Waals surface area contributed by atoms with Gasteiger partial charge in [0.25, 0.3) is 0 Å². The maximum atomic E-state index is 13.2. The van der Waals surface area contributed by atoms with Crippen LogP contribution in [0.4, 0.5) is 0 Å². The van der Waals surface area contributed by atoms with Crippen LogP contribution in [-0.2, 0) is 9.53 Å². The summed E-state index contributed by atoms with van der Waals surface area (Å²) in [6.45, 7) is 9.66. The molecular formula is C20H30O5. The SMILES string of the molecule is CC1=CC2C(CCC3(C)OC3C3C(O)C(C)(O)CC3(O)C1=O)C2(C)C. The van der Waals surface area contributed by atoms with Gasteiger partial charge in [-0.05, 0) is 56.4 Å². The Hall–Kier alpha value is -0.750. The van der Waals surface area contributed by atoms with Crippen molar-refractivity contribution in [1.82, 2.24) is 0 Å². The van der Waals surface area contributed by atoms with Gasteiger partial charge in [0.1, 0.15) is 5.60 Å². The zero-order valence-electron chi connectivity index (χ0n) is 15.7. The molecule has 3 fully saturated rings. The first-order valence-electron chi connectivity index (χ1n) is 9.38. The van der Waals surface area contributed by atoms with E-state index in [1.165, 1.54) is 6.92 Å². The van der Waals surface area contributed by atoms with E-state index in [9.17, 15) is 20.1 Å². The second-order valence-electron chi connectivity index (χ2n) is 9.95. The van der Waals surface area contributed by atoms with Crippen LogP contribution in [0.5, 0.6) is 0 Å². The molecule has 4 rings (SSSR count). The monoisotopic (exact) mass is 350 g/mol. The predicted molar refractivity (Wildman–Crippen MR) is 91.7 cm³/mol. The van der Waals surface area contributed by atoms with Gasteiger partial charge < -0.3 is 20.1 Å². The molecule has 1 aliphatic heterocycles. The van der Waals surface area contributed by atoms with Gasteiger partial charge in [0.15, 0.2) is 5.78 Å². The van der Waals surface area contributed by atoms with E-state index in [1.54, 1.807) is 6.92 Å². The van der Waals surface area contributed by atoms with E-state index in [0.29, 0.717) is 17.4 Å². The summed E-state index contributed by atoms with van der Waals surface area (Å²) in [4.78, 5) is 13.2. The highest BCUT2D eigenvalue weighted by Gasteiger charge is 2.72. The minimum Gasteiger partial charge on any atom is -0.390 e. The number of aliphatic hydroxyl groups excluding tert-OH is 1. The molecule has 0 spiro atoms. The molecule has 3 N–H and O–H groups in total. The molecule has 0 amide bonds. The van der Waals surface area contributed by atoms with E-state index in [-0.39, 0.29) is 17.6 Å². The molecule has 25 heavy (non-hydrogen) atoms. The van der Waals surface area contributed by atoms with Crippen LogP contribution in [0.2, 0.25) is 0 Å². The normalized spacial score (nSPS) is 56.9. The highest BCUT2D eigenvalue weighted by atomic mass is 16.6. The van der Waals surface area contributed by atoms with Crippen molar-refractivity contribution in [3.05, 3.63) is 11.6 Å². The summed E-state index contributed by atoms with van der Waals surface area (Å²) in [6, 6.07) is 0. The quantitative estimate of drug-likeness (QED) is 0.577. The lowest BCUT2D eigenvalue weighted by molar-refractivity contribution is -0.140. The van der Waals surface area contributed by atoms with Gasteiger partial charge in [-0.25, -0.2) is 0 Å². The Balaban J connectivity index is 1.78. The van der Waals surface area contributed by atoms with Gasteiger partial charge in [0.05, 0.1) is 29.3 Å². The molecule has 1 saturated heterocycles. The standard InChI is InChI=1S/C20H30O5/c1-10-8-12-11(17(12,2)3)6-7-19(5)16(25-19)13-15(22)18(4,23)9-20(13,24)14(10)21/h8,11-13,15-16,22-24H,6-7,9H2,1-5H3. The van der Waals surface area contributed by atoms with Crippen LogP contribution in [0.3, 0.4) is 0 Å². The predicted octanol–water partition coefficient (Wildman–Crippen LogP) is 1.59. The fourth-order valence-corrected chi connectivity index (χ4v) is 5.77. The van der Waals surface area contributed by atoms with Gasteiger partial charge in [-0.15, -0.1) is 0 Å². The molecule has 2 saturated carbocycles. The van der Waals surface area contributed by atoms with Gasteiger partial charge in [-0.3, -0.25) is 4.79 Å². The van der Waals surface area contributed by atoms with Crippen molar-refractivity contribution in [3.8, 4) is 0 Å². The third-order valence-corrected chi connectivity index (χ3v) is 7.69. The van der Waals surface area contributed by atoms with Crippen molar-refractivity contribution in [1.29, 1.82) is 0 Å². The number of aliphatic hydroxyl groups is 3. The third kappa shape index (κ3) is 2.25. The molecule has 3 aliphatic carbocycles. The van der Waals surface area contributed by atoms with Gasteiger partial charge in [0.2, 0.25) is 0 Å². The Bertz CT molecular complexity index is 665. The molecule has 5 nitrogen and oxygen atoms in total. The lowest BCUT2D eigenvalue weighted by Crippen LogP contribution is -2.49. The van der Waals surface area contributed by atoms with E-state index >= 15 is 0 Å². The van der Waals surface area contributed by atoms with Crippen LogP contribution >= 0.6 is 0 Å². The van der Waals surface area contributed by atoms with Crippen molar-refractivity contribution < 1.29 is 24.9 Å². The van der Waals surface area contributed by atoms with E-state index in [0.717, 1.165) is 12.8 Å². The minimum atomic E-state index is -1.79. The molecule has 4 aliphatic rings. The molecule has 0 radical (unpaired) electrons. The van der Waals surface area contributed by atoms with Crippen LogP contribution in [-0.4, -0.2) is 50.1 Å². The first-order valence-corrected chi connectivity index (χ1v) is 9.38. The maximum absolute atomic E-state index is 13.2. The third-order valence-electron chi connectivity index (χ3n) is 7.69. The summed E-state index contributed by atoms with van der Waals surface area (Å²) < 4.78 is 5.94. The van der Waals surface area contributed by atoms with Crippen molar-refractivity contribution >= 4 is 5.78 Å². The lowest BCUT2D eigenvalue weighted by atomic mass is 9.77. The van der Waals surface area contributed by atoms with Crippen LogP contribution in [0.25, 0.3) is 0 Å². The molecule has 0 aromatic rings. The topological polar surface area (TPSA) is 90.3 Å². The highest BCUT2D eigenvalue weighted by molar-refractivity contribution is 6.02. The van der Waals surface area contributed by atoms with Crippen molar-refractivity contribution in [2.75, 3.05) is 0 Å². The number of Topliss-reactive ketones (excluding diaryl/α,β-unsaturated/α-hetero) is 1. The summed E-state index contributed by atoms with van der Waals surface area (Å²) >= 11 is 0. The van der Waals surface area contributed by atoms with Gasteiger partial charge >= 0.3 is 0 Å². The first kappa shape index (κ1) is 17.7. The van der Waals surface area contributed by atoms with Gasteiger partial charge in [0, 0.05) is 6.42 Å². The fraction of sp³-hybridized carbons (Fsp3) is 0.850. The smallest absolute Gasteiger partial charge is 0.190 e. The number of fused-ring (bicyclic) bond motifs is 4. The Labute approximate surface area is 149 Å². The zero-order chi connectivity index (χ0) is 18.6. The van der Waals surface area contributed by atoms with Crippen molar-refractivity contribution in [2.45, 2.75) is 82.9 Å². The molecule has 0 bridgehead atoms. The fourth-order valence-electron chi connectivity index (χ4n) is 5.77. The molecule has 8 unspecified atom stereocenters. The average Bonchev–Trinajstić information content (AvgIpc) is 3.26. The van der Waals surface area contributed by atoms with Crippen molar-refractivity contribution in [3.63, 3.8) is 0 Å². The number of carbonyl (C=O) groups is 1. The molecule has 1 heterocycles. The Morgan fingerprint density at radius 3 is 2.48 bits per heavy atom. The number of allylic oxidation sites excluding steroid dienone is 1. The summed E-state index contributed by atoms with van der Waals surface area (Å²) in [5.41, 5.74) is -3.05. The Kier molecular flexibility index (Phi) is 3.35. The van der Waals surface area contributed by atoms with E-state index in [4.69, 9.17) is 4.74 Å². The second kappa shape index (κ2) is 4.75. The number of ketones is 1. The Morgan fingerprint density at radius 2 is 1.84 bits per heavy atom. The molecular weight excluding hydrogens is 320 g/mol. The molecule has 8 atom stereocenters. The zero-order valence-corrected chi connectivity index (χ0v) is 15.7. The molecule has 0 aromatic carbocycles. The maximum Gasteiger partial charge on any atom is 0.190 e. The van der Waals surface area contributed by atoms with Crippen LogP contribution in [0.15, 0.2) is 11.6 Å². The Morgan fingerprint density at radius 1 is 1.20 bits per heavy atom. The van der Waals surface area contributed by atoms with Crippen LogP contribution in [0.1, 0.15) is 53.9 Å². The number of hydrogen-bond donors (Lipinski definition) is 3. The van der Waals surface area contributed by atoms with E-state index < -0.39 is 34.9 Å². The molecule has 140 valence electrons. The summed E-state index contributed by atoms with van der Waals surface area (Å²) in [6.07, 6.45) is 2.08. The number of epoxide rings is 1. The minimum absolute atomic E-state index is 0.157. The summed E-state index contributed by atoms with van der Waals surface area (Å²) in [7, 11) is 0. The second-order valence-corrected chi connectivity index (χ2v) is 9.95. The molecule has 5 heteroatoms. The summed E-state index contributed by atoms with van der Waals surface area (Å²) in [5.74, 6) is -0.344. The van der Waals surface area contributed by atoms with Crippen LogP contribution in [0, 0.1) is 23.2 Å². The summed E-state index contributed by atoms with van der Waals surface area (Å²) in [5, 5.41) is 32.6. The number of carbonyl (C=O) groups excluding carboxylic acids is 1. The number of hydrogen-bond acceptors (Lipinski definition) is 5. The van der Waals surface area contributed by atoms with Crippen LogP contribution < -0.4 is 0 Å². The highest BCUT2D eigenvalue weighted by Crippen LogP contribution is 2.64. The van der Waals surface area contributed by atoms with Gasteiger partial charge in [-0.1, -0.05) is 19.9 Å². The number of rotatable bonds is 0. The first-order chi connectivity index (χ1) is 11.3.